The predicted octanol–water partition coefficient (Wildman–Crippen LogP) is 6.57. The molecule has 0 fully saturated rings. The summed E-state index contributed by atoms with van der Waals surface area (Å²) in [4.78, 5) is 16.2. The number of carbonyl (C=O) groups is 1. The Kier molecular flexibility index (Phi) is 6.07. The molecule has 4 nitrogen and oxygen atoms in total. The lowest BCUT2D eigenvalue weighted by molar-refractivity contribution is -0.294. The van der Waals surface area contributed by atoms with Crippen LogP contribution in [0.5, 0.6) is 0 Å². The second-order valence-electron chi connectivity index (χ2n) is 6.44. The van der Waals surface area contributed by atoms with Gasteiger partial charge in [0.05, 0.1) is 20.8 Å². The third kappa shape index (κ3) is 4.53. The zero-order chi connectivity index (χ0) is 23.2. The van der Waals surface area contributed by atoms with Gasteiger partial charge in [-0.25, -0.2) is 4.98 Å². The van der Waals surface area contributed by atoms with Crippen molar-refractivity contribution in [1.29, 1.82) is 0 Å². The summed E-state index contributed by atoms with van der Waals surface area (Å²) in [6.45, 7) is 1.71. The number of halogens is 8. The number of carbonyl (C=O) groups excluding carboxylic acids is 1. The Hall–Kier alpha value is -2.24. The van der Waals surface area contributed by atoms with Crippen molar-refractivity contribution < 1.29 is 31.1 Å². The molecule has 1 heterocycles. The number of nitrogens with zero attached hydrogens (tertiary/aromatic N) is 1. The molecule has 0 aliphatic heterocycles. The second kappa shape index (κ2) is 8.03. The Balaban J connectivity index is 2.08. The van der Waals surface area contributed by atoms with Crippen molar-refractivity contribution in [2.45, 2.75) is 24.9 Å². The molecule has 2 aromatic carbocycles. The number of rotatable bonds is 4. The van der Waals surface area contributed by atoms with Gasteiger partial charge in [0.25, 0.3) is 5.91 Å². The Morgan fingerprint density at radius 1 is 1.00 bits per heavy atom. The molecule has 0 aliphatic rings. The van der Waals surface area contributed by atoms with Gasteiger partial charge in [0, 0.05) is 5.02 Å². The highest BCUT2D eigenvalue weighted by molar-refractivity contribution is 7.22. The van der Waals surface area contributed by atoms with E-state index in [1.165, 1.54) is 11.4 Å². The maximum atomic E-state index is 13.8. The summed E-state index contributed by atoms with van der Waals surface area (Å²) in [7, 11) is 0. The maximum Gasteiger partial charge on any atom is 0.439 e. The average Bonchev–Trinajstić information content (AvgIpc) is 3.00. The summed E-state index contributed by atoms with van der Waals surface area (Å²) < 4.78 is 83.4. The summed E-state index contributed by atoms with van der Waals surface area (Å²) in [6, 6.07) is 7.67. The van der Waals surface area contributed by atoms with E-state index in [1.807, 2.05) is 0 Å². The number of amides is 1. The van der Waals surface area contributed by atoms with Crippen LogP contribution in [0.3, 0.4) is 0 Å². The van der Waals surface area contributed by atoms with Crippen LogP contribution in [-0.4, -0.2) is 28.9 Å². The molecule has 0 bridgehead atoms. The van der Waals surface area contributed by atoms with Crippen LogP contribution in [0, 0.1) is 6.92 Å². The molecule has 0 aliphatic carbocycles. The average molecular weight is 502 g/mol. The molecular formula is C18H11Cl2F6N3OS. The number of nitrogens with one attached hydrogen (secondary N) is 2. The summed E-state index contributed by atoms with van der Waals surface area (Å²) in [5.41, 5.74) is -4.51. The molecular weight excluding hydrogens is 491 g/mol. The van der Waals surface area contributed by atoms with Gasteiger partial charge in [-0.05, 0) is 42.8 Å². The van der Waals surface area contributed by atoms with Crippen LogP contribution in [0.25, 0.3) is 10.2 Å². The molecule has 0 unspecified atom stereocenters. The van der Waals surface area contributed by atoms with Gasteiger partial charge >= 0.3 is 18.0 Å². The number of anilines is 1. The van der Waals surface area contributed by atoms with Crippen LogP contribution in [0.2, 0.25) is 10.0 Å². The fourth-order valence-corrected chi connectivity index (χ4v) is 4.15. The topological polar surface area (TPSA) is 54.0 Å². The number of aryl methyl sites for hydroxylation is 1. The predicted molar refractivity (Wildman–Crippen MR) is 107 cm³/mol. The van der Waals surface area contributed by atoms with Crippen LogP contribution >= 0.6 is 34.5 Å². The molecule has 166 valence electrons. The minimum absolute atomic E-state index is 0.0438. The SMILES string of the molecule is Cc1ccc2nc(NC(NC(=O)c3ccc(Cl)cc3Cl)(C(F)(F)F)C(F)(F)F)sc2c1. The Morgan fingerprint density at radius 2 is 1.65 bits per heavy atom. The minimum atomic E-state index is -5.99. The quantitative estimate of drug-likeness (QED) is 0.313. The molecule has 3 aromatic rings. The van der Waals surface area contributed by atoms with Gasteiger partial charge in [0.1, 0.15) is 0 Å². The van der Waals surface area contributed by atoms with Gasteiger partial charge in [-0.15, -0.1) is 0 Å². The molecule has 0 radical (unpaired) electrons. The highest BCUT2D eigenvalue weighted by atomic mass is 35.5. The van der Waals surface area contributed by atoms with E-state index >= 15 is 0 Å². The highest BCUT2D eigenvalue weighted by Gasteiger charge is 2.73. The van der Waals surface area contributed by atoms with Crippen molar-refractivity contribution in [2.24, 2.45) is 0 Å². The number of thiazole rings is 1. The Labute approximate surface area is 185 Å². The number of benzene rings is 2. The number of hydrogen-bond acceptors (Lipinski definition) is 4. The Morgan fingerprint density at radius 3 is 2.23 bits per heavy atom. The monoisotopic (exact) mass is 501 g/mol. The first-order chi connectivity index (χ1) is 14.2. The van der Waals surface area contributed by atoms with Crippen molar-refractivity contribution in [2.75, 3.05) is 5.32 Å². The summed E-state index contributed by atoms with van der Waals surface area (Å²) in [6.07, 6.45) is -12.0. The maximum absolute atomic E-state index is 13.8. The molecule has 3 rings (SSSR count). The van der Waals surface area contributed by atoms with E-state index in [1.54, 1.807) is 19.1 Å². The molecule has 0 atom stereocenters. The molecule has 31 heavy (non-hydrogen) atoms. The van der Waals surface area contributed by atoms with Crippen LogP contribution in [0.4, 0.5) is 31.5 Å². The molecule has 0 saturated carbocycles. The van der Waals surface area contributed by atoms with Gasteiger partial charge in [-0.1, -0.05) is 40.6 Å². The zero-order valence-electron chi connectivity index (χ0n) is 15.3. The molecule has 2 N–H and O–H groups in total. The summed E-state index contributed by atoms with van der Waals surface area (Å²) >= 11 is 12.0. The lowest BCUT2D eigenvalue weighted by Crippen LogP contribution is -2.72. The second-order valence-corrected chi connectivity index (χ2v) is 8.31. The third-order valence-corrected chi connectivity index (χ3v) is 5.65. The normalized spacial score (nSPS) is 12.8. The first-order valence-electron chi connectivity index (χ1n) is 8.30. The fourth-order valence-electron chi connectivity index (χ4n) is 2.63. The van der Waals surface area contributed by atoms with Crippen LogP contribution in [-0.2, 0) is 0 Å². The number of fused-ring (bicyclic) bond motifs is 1. The summed E-state index contributed by atoms with van der Waals surface area (Å²) in [5, 5.41) is 1.34. The standard InChI is InChI=1S/C18H11Cl2F6N3OS/c1-8-2-5-12-13(6-8)31-15(27-12)29-16(17(21,22)23,18(24,25)26)28-14(30)10-4-3-9(19)7-11(10)20/h2-7H,1H3,(H,27,29)(H,28,30). The van der Waals surface area contributed by atoms with E-state index in [2.05, 4.69) is 4.98 Å². The number of hydrogen-bond donors (Lipinski definition) is 2. The smallest absolute Gasteiger partial charge is 0.324 e. The largest absolute Gasteiger partial charge is 0.439 e. The minimum Gasteiger partial charge on any atom is -0.324 e. The van der Waals surface area contributed by atoms with Gasteiger partial charge < -0.3 is 10.6 Å². The van der Waals surface area contributed by atoms with Crippen LogP contribution in [0.1, 0.15) is 15.9 Å². The number of alkyl halides is 6. The molecule has 0 saturated heterocycles. The van der Waals surface area contributed by atoms with E-state index in [0.717, 1.165) is 29.1 Å². The van der Waals surface area contributed by atoms with E-state index in [0.29, 0.717) is 16.0 Å². The van der Waals surface area contributed by atoms with Gasteiger partial charge in [0.2, 0.25) is 0 Å². The van der Waals surface area contributed by atoms with E-state index in [9.17, 15) is 31.1 Å². The van der Waals surface area contributed by atoms with Crippen molar-refractivity contribution >= 4 is 55.8 Å². The van der Waals surface area contributed by atoms with Crippen molar-refractivity contribution in [3.05, 3.63) is 57.6 Å². The first kappa shape index (κ1) is 23.4. The molecule has 1 amide bonds. The van der Waals surface area contributed by atoms with Gasteiger partial charge in [-0.2, -0.15) is 26.3 Å². The van der Waals surface area contributed by atoms with Gasteiger partial charge in [-0.3, -0.25) is 4.79 Å². The van der Waals surface area contributed by atoms with Crippen molar-refractivity contribution in [1.82, 2.24) is 10.3 Å². The van der Waals surface area contributed by atoms with Gasteiger partial charge in [0.15, 0.2) is 5.13 Å². The van der Waals surface area contributed by atoms with E-state index in [4.69, 9.17) is 23.2 Å². The number of aromatic nitrogens is 1. The van der Waals surface area contributed by atoms with Crippen molar-refractivity contribution in [3.8, 4) is 0 Å². The van der Waals surface area contributed by atoms with E-state index in [-0.39, 0.29) is 10.5 Å². The first-order valence-corrected chi connectivity index (χ1v) is 9.87. The van der Waals surface area contributed by atoms with Crippen LogP contribution in [0.15, 0.2) is 36.4 Å². The fraction of sp³-hybridized carbons (Fsp3) is 0.222. The molecule has 1 aromatic heterocycles. The lowest BCUT2D eigenvalue weighted by Gasteiger charge is -2.38. The zero-order valence-corrected chi connectivity index (χ0v) is 17.6. The van der Waals surface area contributed by atoms with Crippen molar-refractivity contribution in [3.63, 3.8) is 0 Å². The van der Waals surface area contributed by atoms with Crippen LogP contribution < -0.4 is 10.6 Å². The molecule has 0 spiro atoms. The lowest BCUT2D eigenvalue weighted by atomic mass is 10.1. The summed E-state index contributed by atoms with van der Waals surface area (Å²) in [5.74, 6) is -1.71. The highest BCUT2D eigenvalue weighted by Crippen LogP contribution is 2.45. The van der Waals surface area contributed by atoms with E-state index < -0.39 is 39.6 Å². The Bertz CT molecular complexity index is 1130. The third-order valence-electron chi connectivity index (χ3n) is 4.17. The molecule has 13 heteroatoms.